The Kier molecular flexibility index (Phi) is 4.16. The summed E-state index contributed by atoms with van der Waals surface area (Å²) in [5.74, 6) is 0. The zero-order valence-electron chi connectivity index (χ0n) is 14.8. The molecule has 4 rings (SSSR count). The summed E-state index contributed by atoms with van der Waals surface area (Å²) in [5.41, 5.74) is 1.95. The molecule has 7 nitrogen and oxygen atoms in total. The quantitative estimate of drug-likeness (QED) is 0.510. The fraction of sp³-hybridized carbons (Fsp3) is 0.158. The van der Waals surface area contributed by atoms with Crippen LogP contribution >= 0.6 is 11.6 Å². The van der Waals surface area contributed by atoms with Crippen molar-refractivity contribution in [3.8, 4) is 11.3 Å². The number of fused-ring (bicyclic) bond motifs is 1. The van der Waals surface area contributed by atoms with Crippen LogP contribution in [0, 0.1) is 0 Å². The highest BCUT2D eigenvalue weighted by Gasteiger charge is 2.19. The highest BCUT2D eigenvalue weighted by Crippen LogP contribution is 2.29. The maximum Gasteiger partial charge on any atom is 0.330 e. The third kappa shape index (κ3) is 2.86. The monoisotopic (exact) mass is 381 g/mol. The number of rotatable bonds is 3. The van der Waals surface area contributed by atoms with E-state index in [1.807, 2.05) is 34.9 Å². The lowest BCUT2D eigenvalue weighted by molar-refractivity contribution is 0.685. The van der Waals surface area contributed by atoms with Crippen LogP contribution in [-0.4, -0.2) is 23.7 Å². The van der Waals surface area contributed by atoms with Crippen LogP contribution in [0.25, 0.3) is 22.3 Å². The number of halogens is 1. The van der Waals surface area contributed by atoms with E-state index in [0.29, 0.717) is 34.0 Å². The number of aryl methyl sites for hydroxylation is 1. The van der Waals surface area contributed by atoms with Gasteiger partial charge in [0.25, 0.3) is 5.56 Å². The molecule has 0 atom stereocenters. The molecule has 0 saturated carbocycles. The second-order valence-corrected chi connectivity index (χ2v) is 6.66. The van der Waals surface area contributed by atoms with Gasteiger partial charge in [-0.05, 0) is 11.6 Å². The molecule has 136 valence electrons. The van der Waals surface area contributed by atoms with Gasteiger partial charge in [-0.1, -0.05) is 41.9 Å². The summed E-state index contributed by atoms with van der Waals surface area (Å²) < 4.78 is 4.39. The van der Waals surface area contributed by atoms with Gasteiger partial charge in [-0.2, -0.15) is 0 Å². The third-order valence-corrected chi connectivity index (χ3v) is 4.85. The zero-order valence-corrected chi connectivity index (χ0v) is 15.5. The molecule has 0 saturated heterocycles. The Bertz CT molecular complexity index is 1270. The minimum Gasteiger partial charge on any atom is -0.320 e. The molecule has 8 heteroatoms. The Morgan fingerprint density at radius 1 is 1.07 bits per heavy atom. The molecule has 0 spiro atoms. The lowest BCUT2D eigenvalue weighted by Crippen LogP contribution is -2.37. The van der Waals surface area contributed by atoms with Crippen LogP contribution < -0.4 is 11.2 Å². The maximum absolute atomic E-state index is 12.8. The molecule has 1 aromatic carbocycles. The number of aromatic nitrogens is 5. The van der Waals surface area contributed by atoms with E-state index < -0.39 is 0 Å². The SMILES string of the molecule is Cn1cc(-c2cc3c(Cl)ncnc3n2Cc2ccccc2)c(=O)n(C)c1=O. The van der Waals surface area contributed by atoms with Crippen LogP contribution in [0.3, 0.4) is 0 Å². The van der Waals surface area contributed by atoms with E-state index in [2.05, 4.69) is 9.97 Å². The van der Waals surface area contributed by atoms with Gasteiger partial charge >= 0.3 is 5.69 Å². The van der Waals surface area contributed by atoms with Crippen LogP contribution in [-0.2, 0) is 20.6 Å². The molecule has 0 amide bonds. The average Bonchev–Trinajstić information content (AvgIpc) is 3.03. The maximum atomic E-state index is 12.8. The van der Waals surface area contributed by atoms with E-state index in [9.17, 15) is 9.59 Å². The van der Waals surface area contributed by atoms with Gasteiger partial charge in [0.05, 0.1) is 16.6 Å². The van der Waals surface area contributed by atoms with Gasteiger partial charge in [0.15, 0.2) is 0 Å². The van der Waals surface area contributed by atoms with Crippen molar-refractivity contribution in [1.82, 2.24) is 23.7 Å². The Morgan fingerprint density at radius 2 is 1.81 bits per heavy atom. The minimum atomic E-state index is -0.382. The standard InChI is InChI=1S/C19H16ClN5O2/c1-23-10-14(18(26)24(2)19(23)27)15-8-13-16(20)21-11-22-17(13)25(15)9-12-6-4-3-5-7-12/h3-8,10-11H,9H2,1-2H3. The molecule has 0 aliphatic carbocycles. The van der Waals surface area contributed by atoms with Crippen molar-refractivity contribution in [1.29, 1.82) is 0 Å². The highest BCUT2D eigenvalue weighted by molar-refractivity contribution is 6.34. The second kappa shape index (κ2) is 6.51. The van der Waals surface area contributed by atoms with E-state index in [1.54, 1.807) is 19.3 Å². The van der Waals surface area contributed by atoms with Gasteiger partial charge in [0.2, 0.25) is 0 Å². The van der Waals surface area contributed by atoms with Gasteiger partial charge in [-0.15, -0.1) is 0 Å². The molecule has 0 unspecified atom stereocenters. The molecule has 4 aromatic rings. The highest BCUT2D eigenvalue weighted by atomic mass is 35.5. The fourth-order valence-electron chi connectivity index (χ4n) is 3.17. The second-order valence-electron chi connectivity index (χ2n) is 6.30. The van der Waals surface area contributed by atoms with Gasteiger partial charge in [0.1, 0.15) is 17.1 Å². The van der Waals surface area contributed by atoms with Gasteiger partial charge in [-0.25, -0.2) is 14.8 Å². The molecular weight excluding hydrogens is 366 g/mol. The zero-order chi connectivity index (χ0) is 19.1. The number of benzene rings is 1. The van der Waals surface area contributed by atoms with Gasteiger partial charge < -0.3 is 9.13 Å². The van der Waals surface area contributed by atoms with Crippen LogP contribution in [0.1, 0.15) is 5.56 Å². The first-order valence-electron chi connectivity index (χ1n) is 8.28. The van der Waals surface area contributed by atoms with Crippen molar-refractivity contribution in [3.05, 3.63) is 80.5 Å². The fourth-order valence-corrected chi connectivity index (χ4v) is 3.35. The van der Waals surface area contributed by atoms with Crippen LogP contribution in [0.5, 0.6) is 0 Å². The van der Waals surface area contributed by atoms with Crippen molar-refractivity contribution < 1.29 is 0 Å². The largest absolute Gasteiger partial charge is 0.330 e. The van der Waals surface area contributed by atoms with Crippen LogP contribution in [0.4, 0.5) is 0 Å². The first kappa shape index (κ1) is 17.2. The lowest BCUT2D eigenvalue weighted by atomic mass is 10.2. The number of nitrogens with zero attached hydrogens (tertiary/aromatic N) is 5. The predicted octanol–water partition coefficient (Wildman–Crippen LogP) is 2.20. The van der Waals surface area contributed by atoms with Gasteiger partial charge in [-0.3, -0.25) is 9.36 Å². The summed E-state index contributed by atoms with van der Waals surface area (Å²) in [6.45, 7) is 0.499. The molecule has 0 aliphatic rings. The van der Waals surface area contributed by atoms with Crippen molar-refractivity contribution in [2.75, 3.05) is 0 Å². The topological polar surface area (TPSA) is 74.7 Å². The van der Waals surface area contributed by atoms with E-state index in [0.717, 1.165) is 10.1 Å². The summed E-state index contributed by atoms with van der Waals surface area (Å²) in [7, 11) is 3.08. The Balaban J connectivity index is 2.04. The normalized spacial score (nSPS) is 11.2. The average molecular weight is 382 g/mol. The third-order valence-electron chi connectivity index (χ3n) is 4.55. The summed E-state index contributed by atoms with van der Waals surface area (Å²) in [6.07, 6.45) is 2.94. The van der Waals surface area contributed by atoms with E-state index in [-0.39, 0.29) is 11.2 Å². The Hall–Kier alpha value is -3.19. The first-order chi connectivity index (χ1) is 13.0. The summed E-state index contributed by atoms with van der Waals surface area (Å²) in [5, 5.41) is 0.968. The molecule has 0 bridgehead atoms. The minimum absolute atomic E-state index is 0.315. The lowest BCUT2D eigenvalue weighted by Gasteiger charge is -2.12. The molecule has 0 radical (unpaired) electrons. The number of hydrogen-bond donors (Lipinski definition) is 0. The van der Waals surface area contributed by atoms with Crippen molar-refractivity contribution in [2.24, 2.45) is 14.1 Å². The molecule has 27 heavy (non-hydrogen) atoms. The Morgan fingerprint density at radius 3 is 2.56 bits per heavy atom. The summed E-state index contributed by atoms with van der Waals surface area (Å²) in [4.78, 5) is 33.2. The summed E-state index contributed by atoms with van der Waals surface area (Å²) in [6, 6.07) is 11.6. The van der Waals surface area contributed by atoms with Crippen LogP contribution in [0.15, 0.2) is 58.5 Å². The van der Waals surface area contributed by atoms with Gasteiger partial charge in [0, 0.05) is 26.8 Å². The Labute approximate surface area is 159 Å². The van der Waals surface area contributed by atoms with Crippen molar-refractivity contribution in [2.45, 2.75) is 6.54 Å². The summed E-state index contributed by atoms with van der Waals surface area (Å²) >= 11 is 6.26. The smallest absolute Gasteiger partial charge is 0.320 e. The first-order valence-corrected chi connectivity index (χ1v) is 8.66. The molecule has 0 N–H and O–H groups in total. The van der Waals surface area contributed by atoms with Crippen molar-refractivity contribution >= 4 is 22.6 Å². The predicted molar refractivity (Wildman–Crippen MR) is 104 cm³/mol. The number of hydrogen-bond acceptors (Lipinski definition) is 4. The van der Waals surface area contributed by atoms with Crippen molar-refractivity contribution in [3.63, 3.8) is 0 Å². The molecule has 0 aliphatic heterocycles. The van der Waals surface area contributed by atoms with Crippen LogP contribution in [0.2, 0.25) is 5.15 Å². The molecular formula is C19H16ClN5O2. The molecule has 0 fully saturated rings. The molecule has 3 aromatic heterocycles. The molecule has 3 heterocycles. The van der Waals surface area contributed by atoms with E-state index >= 15 is 0 Å². The van der Waals surface area contributed by atoms with E-state index in [4.69, 9.17) is 11.6 Å². The van der Waals surface area contributed by atoms with E-state index in [1.165, 1.54) is 17.9 Å².